The van der Waals surface area contributed by atoms with E-state index in [0.717, 1.165) is 0 Å². The number of anilines is 1. The molecule has 1 amide bonds. The number of nitrogens with one attached hydrogen (secondary N) is 1. The Kier molecular flexibility index (Phi) is 6.54. The van der Waals surface area contributed by atoms with Gasteiger partial charge in [-0.05, 0) is 24.6 Å². The Balaban J connectivity index is 1.93. The quantitative estimate of drug-likeness (QED) is 0.788. The Bertz CT molecular complexity index is 701. The van der Waals surface area contributed by atoms with Crippen molar-refractivity contribution in [2.75, 3.05) is 18.5 Å². The average molecular weight is 357 g/mol. The van der Waals surface area contributed by atoms with E-state index >= 15 is 0 Å². The van der Waals surface area contributed by atoms with Crippen LogP contribution in [0.5, 0.6) is 0 Å². The van der Waals surface area contributed by atoms with Gasteiger partial charge in [0.25, 0.3) is 5.91 Å². The maximum atomic E-state index is 12.2. The number of aromatic nitrogens is 2. The normalized spacial score (nSPS) is 11.5. The summed E-state index contributed by atoms with van der Waals surface area (Å²) in [5, 5.41) is 6.70. The van der Waals surface area contributed by atoms with Crippen LogP contribution < -0.4 is 5.32 Å². The molecule has 0 unspecified atom stereocenters. The second-order valence-corrected chi connectivity index (χ2v) is 5.15. The lowest BCUT2D eigenvalue weighted by Gasteiger charge is -2.09. The van der Waals surface area contributed by atoms with Crippen LogP contribution in [0.4, 0.5) is 18.9 Å². The molecule has 0 aliphatic heterocycles. The number of alkyl halides is 3. The molecule has 136 valence electrons. The van der Waals surface area contributed by atoms with E-state index in [9.17, 15) is 18.0 Å². The molecule has 25 heavy (non-hydrogen) atoms. The van der Waals surface area contributed by atoms with Gasteiger partial charge in [-0.2, -0.15) is 18.3 Å². The van der Waals surface area contributed by atoms with Crippen molar-refractivity contribution in [2.45, 2.75) is 26.4 Å². The molecule has 1 aromatic carbocycles. The van der Waals surface area contributed by atoms with Gasteiger partial charge in [0.1, 0.15) is 13.3 Å². The van der Waals surface area contributed by atoms with Gasteiger partial charge in [-0.1, -0.05) is 12.1 Å². The summed E-state index contributed by atoms with van der Waals surface area (Å²) < 4.78 is 47.6. The molecule has 0 aliphatic rings. The van der Waals surface area contributed by atoms with Crippen LogP contribution in [-0.4, -0.2) is 35.1 Å². The minimum Gasteiger partial charge on any atom is -0.367 e. The Hall–Kier alpha value is -2.39. The highest BCUT2D eigenvalue weighted by atomic mass is 19.4. The molecule has 6 nitrogen and oxygen atoms in total. The second kappa shape index (κ2) is 8.63. The largest absolute Gasteiger partial charge is 0.411 e. The number of nitrogens with zero attached hydrogens (tertiary/aromatic N) is 2. The van der Waals surface area contributed by atoms with Crippen LogP contribution in [0.15, 0.2) is 36.7 Å². The number of ether oxygens (including phenoxy) is 2. The highest BCUT2D eigenvalue weighted by Crippen LogP contribution is 2.16. The first-order valence-corrected chi connectivity index (χ1v) is 7.52. The number of hydrogen-bond acceptors (Lipinski definition) is 4. The summed E-state index contributed by atoms with van der Waals surface area (Å²) in [6, 6.07) is 6.22. The number of rotatable bonds is 8. The van der Waals surface area contributed by atoms with Crippen LogP contribution in [0.3, 0.4) is 0 Å². The highest BCUT2D eigenvalue weighted by Gasteiger charge is 2.27. The van der Waals surface area contributed by atoms with Crippen molar-refractivity contribution < 1.29 is 27.4 Å². The summed E-state index contributed by atoms with van der Waals surface area (Å²) in [6.45, 7) is 1.12. The third kappa shape index (κ3) is 6.55. The Labute approximate surface area is 142 Å². The van der Waals surface area contributed by atoms with Crippen molar-refractivity contribution in [3.05, 3.63) is 47.8 Å². The van der Waals surface area contributed by atoms with E-state index in [2.05, 4.69) is 15.2 Å². The summed E-state index contributed by atoms with van der Waals surface area (Å²) in [5.41, 5.74) is 1.28. The number of hydrogen-bond donors (Lipinski definition) is 1. The number of carbonyl (C=O) groups is 1. The van der Waals surface area contributed by atoms with Crippen LogP contribution >= 0.6 is 0 Å². The first-order valence-electron chi connectivity index (χ1n) is 7.52. The van der Waals surface area contributed by atoms with E-state index in [-0.39, 0.29) is 13.3 Å². The third-order valence-corrected chi connectivity index (χ3v) is 3.04. The summed E-state index contributed by atoms with van der Waals surface area (Å²) in [5.74, 6) is -0.395. The lowest BCUT2D eigenvalue weighted by atomic mass is 10.1. The summed E-state index contributed by atoms with van der Waals surface area (Å²) in [4.78, 5) is 12.2. The van der Waals surface area contributed by atoms with Gasteiger partial charge in [-0.3, -0.25) is 4.79 Å². The lowest BCUT2D eigenvalue weighted by molar-refractivity contribution is -0.176. The zero-order chi connectivity index (χ0) is 18.3. The van der Waals surface area contributed by atoms with Crippen molar-refractivity contribution >= 4 is 11.6 Å². The summed E-state index contributed by atoms with van der Waals surface area (Å²) in [6.07, 6.45) is -1.28. The van der Waals surface area contributed by atoms with Crippen molar-refractivity contribution in [2.24, 2.45) is 0 Å². The molecule has 0 fully saturated rings. The number of amides is 1. The van der Waals surface area contributed by atoms with Crippen molar-refractivity contribution in [1.82, 2.24) is 9.78 Å². The van der Waals surface area contributed by atoms with Crippen molar-refractivity contribution in [3.8, 4) is 0 Å². The minimum atomic E-state index is -4.38. The number of benzene rings is 1. The van der Waals surface area contributed by atoms with E-state index in [1.807, 2.05) is 6.92 Å². The van der Waals surface area contributed by atoms with E-state index in [1.54, 1.807) is 24.4 Å². The molecule has 0 saturated carbocycles. The fourth-order valence-electron chi connectivity index (χ4n) is 1.97. The smallest absolute Gasteiger partial charge is 0.367 e. The molecule has 0 bridgehead atoms. The van der Waals surface area contributed by atoms with E-state index < -0.39 is 18.7 Å². The fraction of sp³-hybridized carbons (Fsp3) is 0.375. The van der Waals surface area contributed by atoms with Crippen LogP contribution in [0.2, 0.25) is 0 Å². The van der Waals surface area contributed by atoms with Gasteiger partial charge in [0, 0.05) is 12.2 Å². The van der Waals surface area contributed by atoms with E-state index in [1.165, 1.54) is 16.9 Å². The molecule has 2 aromatic rings. The zero-order valence-electron chi connectivity index (χ0n) is 13.5. The van der Waals surface area contributed by atoms with Crippen LogP contribution in [-0.2, 0) is 22.8 Å². The number of halogens is 3. The van der Waals surface area contributed by atoms with Crippen molar-refractivity contribution in [1.29, 1.82) is 0 Å². The lowest BCUT2D eigenvalue weighted by Crippen LogP contribution is -2.17. The highest BCUT2D eigenvalue weighted by molar-refractivity contribution is 6.04. The summed E-state index contributed by atoms with van der Waals surface area (Å²) in [7, 11) is 0. The van der Waals surface area contributed by atoms with Crippen LogP contribution in [0.1, 0.15) is 22.8 Å². The molecular formula is C16H18F3N3O3. The molecule has 2 rings (SSSR count). The Morgan fingerprint density at radius 1 is 1.32 bits per heavy atom. The van der Waals surface area contributed by atoms with Gasteiger partial charge in [0.15, 0.2) is 0 Å². The van der Waals surface area contributed by atoms with E-state index in [0.29, 0.717) is 23.4 Å². The van der Waals surface area contributed by atoms with Gasteiger partial charge in [0.2, 0.25) is 0 Å². The van der Waals surface area contributed by atoms with Gasteiger partial charge in [0.05, 0.1) is 24.7 Å². The molecule has 1 heterocycles. The standard InChI is InChI=1S/C16H18F3N3O3/c1-2-24-11-22-8-14(7-20-22)21-15(23)13-5-3-4-12(6-13)9-25-10-16(17,18)19/h3-8H,2,9-11H2,1H3,(H,21,23). The average Bonchev–Trinajstić information content (AvgIpc) is 2.99. The van der Waals surface area contributed by atoms with Crippen molar-refractivity contribution in [3.63, 3.8) is 0 Å². The summed E-state index contributed by atoms with van der Waals surface area (Å²) >= 11 is 0. The van der Waals surface area contributed by atoms with Crippen LogP contribution in [0.25, 0.3) is 0 Å². The molecular weight excluding hydrogens is 339 g/mol. The van der Waals surface area contributed by atoms with Gasteiger partial charge >= 0.3 is 6.18 Å². The fourth-order valence-corrected chi connectivity index (χ4v) is 1.97. The maximum absolute atomic E-state index is 12.2. The van der Waals surface area contributed by atoms with Gasteiger partial charge in [-0.15, -0.1) is 0 Å². The molecule has 0 radical (unpaired) electrons. The van der Waals surface area contributed by atoms with Gasteiger partial charge < -0.3 is 14.8 Å². The molecule has 0 atom stereocenters. The molecule has 0 saturated heterocycles. The first kappa shape index (κ1) is 18.9. The second-order valence-electron chi connectivity index (χ2n) is 5.15. The van der Waals surface area contributed by atoms with Crippen LogP contribution in [0, 0.1) is 0 Å². The molecule has 9 heteroatoms. The third-order valence-electron chi connectivity index (χ3n) is 3.04. The topological polar surface area (TPSA) is 65.4 Å². The molecule has 1 N–H and O–H groups in total. The first-order chi connectivity index (χ1) is 11.9. The molecule has 1 aromatic heterocycles. The van der Waals surface area contributed by atoms with E-state index in [4.69, 9.17) is 4.74 Å². The SMILES string of the molecule is CCOCn1cc(NC(=O)c2cccc(COCC(F)(F)F)c2)cn1. The Morgan fingerprint density at radius 3 is 2.84 bits per heavy atom. The number of carbonyl (C=O) groups excluding carboxylic acids is 1. The van der Waals surface area contributed by atoms with Gasteiger partial charge in [-0.25, -0.2) is 4.68 Å². The maximum Gasteiger partial charge on any atom is 0.411 e. The predicted octanol–water partition coefficient (Wildman–Crippen LogP) is 3.21. The Morgan fingerprint density at radius 2 is 2.12 bits per heavy atom. The minimum absolute atomic E-state index is 0.229. The zero-order valence-corrected chi connectivity index (χ0v) is 13.5. The molecule has 0 aliphatic carbocycles. The molecule has 0 spiro atoms. The monoisotopic (exact) mass is 357 g/mol. The predicted molar refractivity (Wildman–Crippen MR) is 84.0 cm³/mol.